The van der Waals surface area contributed by atoms with Crippen LogP contribution in [0.25, 0.3) is 4.98 Å². The lowest BCUT2D eigenvalue weighted by atomic mass is 10.3. The minimum absolute atomic E-state index is 0.0208. The summed E-state index contributed by atoms with van der Waals surface area (Å²) in [5.74, 6) is -0.700. The third-order valence-electron chi connectivity index (χ3n) is 0.985. The third-order valence-corrected chi connectivity index (χ3v) is 0.985. The molecule has 0 unspecified atom stereocenters. The van der Waals surface area contributed by atoms with Crippen molar-refractivity contribution >= 4 is 11.7 Å². The zero-order valence-corrected chi connectivity index (χ0v) is 4.90. The number of nitrogens with one attached hydrogen (secondary N) is 1. The number of amides is 1. The first kappa shape index (κ1) is 6.22. The molecule has 0 aliphatic heterocycles. The number of nitrogens with two attached hydrogens (primary N) is 1. The van der Waals surface area contributed by atoms with Crippen LogP contribution in [0.5, 0.6) is 0 Å². The fraction of sp³-hybridized carbons (Fsp3) is 0. The van der Waals surface area contributed by atoms with Crippen molar-refractivity contribution in [1.82, 2.24) is 10.2 Å². The van der Waals surface area contributed by atoms with E-state index in [0.717, 1.165) is 0 Å². The van der Waals surface area contributed by atoms with Crippen molar-refractivity contribution < 1.29 is 4.79 Å². The van der Waals surface area contributed by atoms with E-state index in [-0.39, 0.29) is 11.4 Å². The lowest BCUT2D eigenvalue weighted by Gasteiger charge is -1.77. The first-order valence-electron chi connectivity index (χ1n) is 2.44. The second kappa shape index (κ2) is 2.14. The van der Waals surface area contributed by atoms with Crippen LogP contribution < -0.4 is 5.73 Å². The molecular formula is C4H4N5O+. The standard InChI is InChI=1S/C4H3N5O/c5-3(10)2-1-7-9-4(2)8-6/h1H,(H2-,5,7,9,10)/p+1. The highest BCUT2D eigenvalue weighted by atomic mass is 16.1. The second-order valence-corrected chi connectivity index (χ2v) is 1.60. The second-order valence-electron chi connectivity index (χ2n) is 1.60. The molecule has 0 radical (unpaired) electrons. The summed E-state index contributed by atoms with van der Waals surface area (Å²) in [7, 11) is 0. The van der Waals surface area contributed by atoms with Crippen molar-refractivity contribution in [3.05, 3.63) is 16.7 Å². The molecule has 0 aromatic carbocycles. The van der Waals surface area contributed by atoms with Gasteiger partial charge in [-0.15, -0.1) is 5.10 Å². The number of aromatic amines is 1. The number of hydrogen-bond acceptors (Lipinski definition) is 3. The minimum Gasteiger partial charge on any atom is -0.365 e. The Balaban J connectivity index is 3.17. The van der Waals surface area contributed by atoms with E-state index in [4.69, 9.17) is 11.1 Å². The van der Waals surface area contributed by atoms with Crippen LogP contribution >= 0.6 is 0 Å². The SMILES string of the molecule is N#[N+]c1[nH]ncc1C(N)=O. The number of diazo groups is 1. The van der Waals surface area contributed by atoms with E-state index in [2.05, 4.69) is 15.2 Å². The molecule has 6 heteroatoms. The van der Waals surface area contributed by atoms with Gasteiger partial charge < -0.3 is 5.73 Å². The van der Waals surface area contributed by atoms with E-state index in [1.54, 1.807) is 0 Å². The van der Waals surface area contributed by atoms with Gasteiger partial charge in [-0.3, -0.25) is 4.79 Å². The van der Waals surface area contributed by atoms with Crippen molar-refractivity contribution in [1.29, 1.82) is 5.39 Å². The number of hydrogen-bond donors (Lipinski definition) is 2. The van der Waals surface area contributed by atoms with Gasteiger partial charge in [0.05, 0.1) is 11.6 Å². The highest BCUT2D eigenvalue weighted by Gasteiger charge is 2.18. The summed E-state index contributed by atoms with van der Waals surface area (Å²) in [5, 5.41) is 13.9. The zero-order valence-electron chi connectivity index (χ0n) is 4.90. The predicted octanol–water partition coefficient (Wildman–Crippen LogP) is -0.00682. The Labute approximate surface area is 55.7 Å². The van der Waals surface area contributed by atoms with E-state index in [1.807, 2.05) is 0 Å². The molecule has 50 valence electrons. The third kappa shape index (κ3) is 0.798. The molecule has 0 aliphatic rings. The Bertz CT molecular complexity index is 295. The zero-order chi connectivity index (χ0) is 7.56. The number of rotatable bonds is 1. The van der Waals surface area contributed by atoms with Gasteiger partial charge in [-0.25, -0.2) is 0 Å². The summed E-state index contributed by atoms with van der Waals surface area (Å²) in [5.41, 5.74) is 4.94. The Morgan fingerprint density at radius 3 is 3.00 bits per heavy atom. The smallest absolute Gasteiger partial charge is 0.365 e. The molecule has 0 fully saturated rings. The average molecular weight is 138 g/mol. The molecule has 1 rings (SSSR count). The monoisotopic (exact) mass is 138 g/mol. The predicted molar refractivity (Wildman–Crippen MR) is 31.8 cm³/mol. The van der Waals surface area contributed by atoms with Gasteiger partial charge in [0, 0.05) is 4.98 Å². The van der Waals surface area contributed by atoms with Gasteiger partial charge in [0.15, 0.2) is 5.56 Å². The molecule has 0 saturated heterocycles. The molecule has 0 bridgehead atoms. The maximum absolute atomic E-state index is 10.4. The normalized spacial score (nSPS) is 8.70. The van der Waals surface area contributed by atoms with Crippen LogP contribution in [0.1, 0.15) is 10.4 Å². The Hall–Kier alpha value is -1.90. The number of nitrogens with zero attached hydrogens (tertiary/aromatic N) is 3. The summed E-state index contributed by atoms with van der Waals surface area (Å²) in [6, 6.07) is 0. The topological polar surface area (TPSA) is 99.9 Å². The highest BCUT2D eigenvalue weighted by Crippen LogP contribution is 2.12. The number of primary amides is 1. The molecule has 1 heterocycles. The van der Waals surface area contributed by atoms with Gasteiger partial charge in [0.1, 0.15) is 0 Å². The number of aromatic nitrogens is 2. The molecule has 0 atom stereocenters. The molecular weight excluding hydrogens is 134 g/mol. The number of carbonyl (C=O) groups is 1. The summed E-state index contributed by atoms with van der Waals surface area (Å²) in [6.07, 6.45) is 1.19. The van der Waals surface area contributed by atoms with Crippen LogP contribution in [0.15, 0.2) is 6.20 Å². The summed E-state index contributed by atoms with van der Waals surface area (Å²) in [6.45, 7) is 0. The fourth-order valence-electron chi connectivity index (χ4n) is 0.536. The fourth-order valence-corrected chi connectivity index (χ4v) is 0.536. The van der Waals surface area contributed by atoms with Crippen molar-refractivity contribution in [3.8, 4) is 0 Å². The van der Waals surface area contributed by atoms with Gasteiger partial charge >= 0.3 is 5.82 Å². The van der Waals surface area contributed by atoms with E-state index in [1.165, 1.54) is 6.20 Å². The molecule has 0 aliphatic carbocycles. The summed E-state index contributed by atoms with van der Waals surface area (Å²) in [4.78, 5) is 13.2. The lowest BCUT2D eigenvalue weighted by Crippen LogP contribution is -2.09. The molecule has 6 nitrogen and oxygen atoms in total. The summed E-state index contributed by atoms with van der Waals surface area (Å²) >= 11 is 0. The van der Waals surface area contributed by atoms with E-state index in [9.17, 15) is 4.79 Å². The van der Waals surface area contributed by atoms with Crippen molar-refractivity contribution in [2.45, 2.75) is 0 Å². The summed E-state index contributed by atoms with van der Waals surface area (Å²) < 4.78 is 0. The molecule has 1 amide bonds. The van der Waals surface area contributed by atoms with Gasteiger partial charge in [-0.2, -0.15) is 0 Å². The lowest BCUT2D eigenvalue weighted by molar-refractivity contribution is 0.100. The maximum atomic E-state index is 10.4. The Morgan fingerprint density at radius 1 is 1.90 bits per heavy atom. The van der Waals surface area contributed by atoms with Crippen molar-refractivity contribution in [2.75, 3.05) is 0 Å². The highest BCUT2D eigenvalue weighted by molar-refractivity contribution is 5.97. The molecule has 1 aromatic rings. The largest absolute Gasteiger partial charge is 0.456 e. The van der Waals surface area contributed by atoms with Gasteiger partial charge in [-0.1, -0.05) is 5.10 Å². The number of carbonyl (C=O) groups excluding carboxylic acids is 1. The van der Waals surface area contributed by atoms with Gasteiger partial charge in [0.2, 0.25) is 0 Å². The van der Waals surface area contributed by atoms with Crippen molar-refractivity contribution in [3.63, 3.8) is 0 Å². The Kier molecular flexibility index (Phi) is 1.33. The van der Waals surface area contributed by atoms with Gasteiger partial charge in [0.25, 0.3) is 5.91 Å². The molecule has 1 aromatic heterocycles. The molecule has 0 saturated carbocycles. The molecule has 10 heavy (non-hydrogen) atoms. The first-order valence-corrected chi connectivity index (χ1v) is 2.44. The van der Waals surface area contributed by atoms with Crippen LogP contribution in [0.2, 0.25) is 0 Å². The van der Waals surface area contributed by atoms with E-state index < -0.39 is 5.91 Å². The quantitative estimate of drug-likeness (QED) is 0.534. The first-order chi connectivity index (χ1) is 4.75. The molecule has 3 N–H and O–H groups in total. The van der Waals surface area contributed by atoms with Crippen LogP contribution in [0, 0.1) is 5.39 Å². The van der Waals surface area contributed by atoms with Crippen LogP contribution in [-0.2, 0) is 0 Å². The van der Waals surface area contributed by atoms with Crippen LogP contribution in [0.4, 0.5) is 5.82 Å². The van der Waals surface area contributed by atoms with Crippen molar-refractivity contribution in [2.24, 2.45) is 5.73 Å². The van der Waals surface area contributed by atoms with Crippen LogP contribution in [0.3, 0.4) is 0 Å². The van der Waals surface area contributed by atoms with E-state index in [0.29, 0.717) is 0 Å². The van der Waals surface area contributed by atoms with Gasteiger partial charge in [-0.05, 0) is 0 Å². The number of H-pyrrole nitrogens is 1. The average Bonchev–Trinajstić information content (AvgIpc) is 2.33. The minimum atomic E-state index is -0.679. The maximum Gasteiger partial charge on any atom is 0.456 e. The van der Waals surface area contributed by atoms with E-state index >= 15 is 0 Å². The van der Waals surface area contributed by atoms with Crippen LogP contribution in [-0.4, -0.2) is 16.1 Å². The Morgan fingerprint density at radius 2 is 2.60 bits per heavy atom. The molecule has 0 spiro atoms.